The second kappa shape index (κ2) is 6.48. The van der Waals surface area contributed by atoms with E-state index in [1.807, 2.05) is 6.07 Å². The van der Waals surface area contributed by atoms with Crippen molar-refractivity contribution in [2.24, 2.45) is 0 Å². The third kappa shape index (κ3) is 4.25. The summed E-state index contributed by atoms with van der Waals surface area (Å²) in [6.45, 7) is 1.06. The maximum atomic E-state index is 2.28. The first-order valence-corrected chi connectivity index (χ1v) is 6.60. The average Bonchev–Trinajstić information content (AvgIpc) is 2.39. The van der Waals surface area contributed by atoms with Crippen LogP contribution in [0.1, 0.15) is 5.56 Å². The molecule has 0 radical (unpaired) electrons. The van der Waals surface area contributed by atoms with E-state index in [0.717, 1.165) is 13.0 Å². The van der Waals surface area contributed by atoms with Crippen LogP contribution in [0.2, 0.25) is 0 Å². The van der Waals surface area contributed by atoms with Crippen LogP contribution in [0.25, 0.3) is 0 Å². The van der Waals surface area contributed by atoms with Gasteiger partial charge in [-0.2, -0.15) is 0 Å². The molecule has 17 heavy (non-hydrogen) atoms. The molecule has 2 rings (SSSR count). The Morgan fingerprint density at radius 3 is 2.12 bits per heavy atom. The maximum absolute atomic E-state index is 2.28. The molecule has 2 heteroatoms. The molecule has 0 aliphatic carbocycles. The van der Waals surface area contributed by atoms with Gasteiger partial charge in [-0.1, -0.05) is 48.5 Å². The zero-order valence-electron chi connectivity index (χ0n) is 10.0. The van der Waals surface area contributed by atoms with Gasteiger partial charge in [0.05, 0.1) is 0 Å². The van der Waals surface area contributed by atoms with Crippen molar-refractivity contribution < 1.29 is 0 Å². The van der Waals surface area contributed by atoms with Crippen LogP contribution < -0.4 is 0 Å². The Morgan fingerprint density at radius 1 is 0.882 bits per heavy atom. The van der Waals surface area contributed by atoms with Gasteiger partial charge in [-0.15, -0.1) is 0 Å². The number of rotatable bonds is 5. The van der Waals surface area contributed by atoms with Crippen LogP contribution in [0.5, 0.6) is 0 Å². The van der Waals surface area contributed by atoms with E-state index in [-0.39, 0.29) is 0 Å². The van der Waals surface area contributed by atoms with Crippen LogP contribution in [-0.2, 0) is 6.42 Å². The minimum absolute atomic E-state index is 1.06. The van der Waals surface area contributed by atoms with E-state index in [9.17, 15) is 0 Å². The standard InChI is InChI=1S/C15H17NS/c1-16(17-15-10-6-3-7-11-15)13-12-14-8-4-2-5-9-14/h2-11H,12-13H2,1H3. The Balaban J connectivity index is 1.80. The molecule has 2 aromatic carbocycles. The molecule has 88 valence electrons. The molecule has 0 unspecified atom stereocenters. The van der Waals surface area contributed by atoms with Crippen molar-refractivity contribution in [3.05, 3.63) is 66.2 Å². The smallest absolute Gasteiger partial charge is 0.0230 e. The lowest BCUT2D eigenvalue weighted by Crippen LogP contribution is -2.12. The van der Waals surface area contributed by atoms with Crippen LogP contribution in [0.4, 0.5) is 0 Å². The van der Waals surface area contributed by atoms with E-state index in [4.69, 9.17) is 0 Å². The fourth-order valence-electron chi connectivity index (χ4n) is 1.64. The molecule has 0 saturated carbocycles. The monoisotopic (exact) mass is 243 g/mol. The predicted molar refractivity (Wildman–Crippen MR) is 75.1 cm³/mol. The highest BCUT2D eigenvalue weighted by Gasteiger charge is 2.01. The first-order valence-electron chi connectivity index (χ1n) is 5.83. The second-order valence-corrected chi connectivity index (χ2v) is 5.27. The average molecular weight is 243 g/mol. The van der Waals surface area contributed by atoms with Crippen molar-refractivity contribution in [3.63, 3.8) is 0 Å². The van der Waals surface area contributed by atoms with E-state index in [1.54, 1.807) is 11.9 Å². The van der Waals surface area contributed by atoms with Gasteiger partial charge in [0.25, 0.3) is 0 Å². The molecule has 0 aliphatic rings. The van der Waals surface area contributed by atoms with Crippen LogP contribution in [-0.4, -0.2) is 17.9 Å². The topological polar surface area (TPSA) is 3.24 Å². The van der Waals surface area contributed by atoms with Gasteiger partial charge in [0.2, 0.25) is 0 Å². The fraction of sp³-hybridized carbons (Fsp3) is 0.200. The minimum Gasteiger partial charge on any atom is -0.249 e. The lowest BCUT2D eigenvalue weighted by molar-refractivity contribution is 0.568. The molecule has 0 fully saturated rings. The lowest BCUT2D eigenvalue weighted by Gasteiger charge is -2.15. The van der Waals surface area contributed by atoms with Crippen LogP contribution in [0, 0.1) is 0 Å². The summed E-state index contributed by atoms with van der Waals surface area (Å²) in [4.78, 5) is 1.29. The molecule has 0 spiro atoms. The molecule has 0 saturated heterocycles. The summed E-state index contributed by atoms with van der Waals surface area (Å²) in [7, 11) is 2.14. The summed E-state index contributed by atoms with van der Waals surface area (Å²) in [6, 6.07) is 21.1. The van der Waals surface area contributed by atoms with E-state index in [1.165, 1.54) is 10.5 Å². The Hall–Kier alpha value is -1.25. The van der Waals surface area contributed by atoms with Gasteiger partial charge in [-0.05, 0) is 43.1 Å². The quantitative estimate of drug-likeness (QED) is 0.733. The summed E-state index contributed by atoms with van der Waals surface area (Å²) < 4.78 is 2.28. The SMILES string of the molecule is CN(CCc1ccccc1)Sc1ccccc1. The summed E-state index contributed by atoms with van der Waals surface area (Å²) in [5, 5.41) is 0. The Morgan fingerprint density at radius 2 is 1.47 bits per heavy atom. The van der Waals surface area contributed by atoms with Crippen molar-refractivity contribution in [2.75, 3.05) is 13.6 Å². The molecule has 0 aliphatic heterocycles. The third-order valence-electron chi connectivity index (χ3n) is 2.56. The maximum Gasteiger partial charge on any atom is 0.0230 e. The van der Waals surface area contributed by atoms with E-state index in [0.29, 0.717) is 0 Å². The van der Waals surface area contributed by atoms with Crippen molar-refractivity contribution in [3.8, 4) is 0 Å². The summed E-state index contributed by atoms with van der Waals surface area (Å²) in [5.41, 5.74) is 1.40. The summed E-state index contributed by atoms with van der Waals surface area (Å²) >= 11 is 1.80. The van der Waals surface area contributed by atoms with Crippen molar-refractivity contribution >= 4 is 11.9 Å². The van der Waals surface area contributed by atoms with Crippen molar-refractivity contribution in [2.45, 2.75) is 11.3 Å². The molecule has 0 N–H and O–H groups in total. The second-order valence-electron chi connectivity index (χ2n) is 3.99. The van der Waals surface area contributed by atoms with Gasteiger partial charge in [0.15, 0.2) is 0 Å². The summed E-state index contributed by atoms with van der Waals surface area (Å²) in [5.74, 6) is 0. The number of benzene rings is 2. The Labute approximate surface area is 108 Å². The van der Waals surface area contributed by atoms with E-state index < -0.39 is 0 Å². The largest absolute Gasteiger partial charge is 0.249 e. The van der Waals surface area contributed by atoms with Gasteiger partial charge in [-0.3, -0.25) is 0 Å². The zero-order chi connectivity index (χ0) is 11.9. The van der Waals surface area contributed by atoms with Crippen molar-refractivity contribution in [1.82, 2.24) is 4.31 Å². The number of nitrogens with zero attached hydrogens (tertiary/aromatic N) is 1. The Kier molecular flexibility index (Phi) is 4.65. The van der Waals surface area contributed by atoms with Crippen LogP contribution in [0.3, 0.4) is 0 Å². The van der Waals surface area contributed by atoms with Gasteiger partial charge < -0.3 is 0 Å². The highest BCUT2D eigenvalue weighted by Crippen LogP contribution is 2.20. The highest BCUT2D eigenvalue weighted by molar-refractivity contribution is 7.97. The van der Waals surface area contributed by atoms with Gasteiger partial charge >= 0.3 is 0 Å². The zero-order valence-corrected chi connectivity index (χ0v) is 10.9. The molecule has 0 amide bonds. The molecule has 0 bridgehead atoms. The first kappa shape index (κ1) is 12.2. The van der Waals surface area contributed by atoms with Gasteiger partial charge in [0.1, 0.15) is 0 Å². The van der Waals surface area contributed by atoms with Crippen LogP contribution >= 0.6 is 11.9 Å². The third-order valence-corrected chi connectivity index (χ3v) is 3.54. The van der Waals surface area contributed by atoms with Gasteiger partial charge in [0, 0.05) is 11.4 Å². The van der Waals surface area contributed by atoms with E-state index in [2.05, 4.69) is 66.0 Å². The van der Waals surface area contributed by atoms with Crippen molar-refractivity contribution in [1.29, 1.82) is 0 Å². The van der Waals surface area contributed by atoms with Crippen LogP contribution in [0.15, 0.2) is 65.6 Å². The number of hydrogen-bond acceptors (Lipinski definition) is 2. The molecule has 0 atom stereocenters. The predicted octanol–water partition coefficient (Wildman–Crippen LogP) is 3.87. The van der Waals surface area contributed by atoms with E-state index >= 15 is 0 Å². The van der Waals surface area contributed by atoms with Gasteiger partial charge in [-0.25, -0.2) is 4.31 Å². The summed E-state index contributed by atoms with van der Waals surface area (Å²) in [6.07, 6.45) is 1.09. The molecule has 0 aromatic heterocycles. The Bertz CT molecular complexity index is 427. The molecule has 2 aromatic rings. The first-order chi connectivity index (χ1) is 8.34. The normalized spacial score (nSPS) is 10.7. The molecule has 0 heterocycles. The number of hydrogen-bond donors (Lipinski definition) is 0. The minimum atomic E-state index is 1.06. The fourth-order valence-corrected chi connectivity index (χ4v) is 2.46. The number of likely N-dealkylation sites (N-methyl/N-ethyl adjacent to an activating group) is 1. The highest BCUT2D eigenvalue weighted by atomic mass is 32.2. The molecular formula is C15H17NS. The lowest BCUT2D eigenvalue weighted by atomic mass is 10.2. The molecule has 1 nitrogen and oxygen atoms in total. The molecular weight excluding hydrogens is 226 g/mol.